The maximum absolute atomic E-state index is 12.1. The first kappa shape index (κ1) is 26.9. The van der Waals surface area contributed by atoms with E-state index in [0.717, 1.165) is 63.5 Å². The molecule has 7 nitrogen and oxygen atoms in total. The Hall–Kier alpha value is -1.10. The number of hydrogen-bond donors (Lipinski definition) is 3. The molecule has 1 aromatic rings. The highest BCUT2D eigenvalue weighted by Crippen LogP contribution is 2.22. The molecule has 0 saturated carbocycles. The summed E-state index contributed by atoms with van der Waals surface area (Å²) in [5, 5.41) is 9.92. The molecule has 1 aromatic carbocycles. The van der Waals surface area contributed by atoms with E-state index in [2.05, 4.69) is 20.9 Å². The zero-order valence-electron chi connectivity index (χ0n) is 17.8. The highest BCUT2D eigenvalue weighted by molar-refractivity contribution is 14.0. The number of benzene rings is 1. The van der Waals surface area contributed by atoms with Crippen LogP contribution in [0.5, 0.6) is 0 Å². The van der Waals surface area contributed by atoms with Crippen molar-refractivity contribution in [1.29, 1.82) is 0 Å². The van der Waals surface area contributed by atoms with Crippen LogP contribution < -0.4 is 16.0 Å². The molecular formula is C21H34ClIN4O3. The molecule has 2 rings (SSSR count). The molecule has 1 aliphatic heterocycles. The van der Waals surface area contributed by atoms with Crippen molar-refractivity contribution in [3.63, 3.8) is 0 Å². The first-order chi connectivity index (χ1) is 14.1. The first-order valence-corrected chi connectivity index (χ1v) is 10.6. The Labute approximate surface area is 201 Å². The molecular weight excluding hydrogens is 519 g/mol. The number of guanidine groups is 1. The van der Waals surface area contributed by atoms with Crippen molar-refractivity contribution in [2.75, 3.05) is 51.9 Å². The lowest BCUT2D eigenvalue weighted by molar-refractivity contribution is -0.116. The molecule has 0 bridgehead atoms. The van der Waals surface area contributed by atoms with E-state index in [9.17, 15) is 4.79 Å². The average molecular weight is 553 g/mol. The van der Waals surface area contributed by atoms with Crippen LogP contribution in [0, 0.1) is 12.8 Å². The number of halogens is 2. The summed E-state index contributed by atoms with van der Waals surface area (Å²) < 4.78 is 11.1. The summed E-state index contributed by atoms with van der Waals surface area (Å²) in [6, 6.07) is 5.47. The molecule has 30 heavy (non-hydrogen) atoms. The third-order valence-corrected chi connectivity index (χ3v) is 5.27. The second-order valence-corrected chi connectivity index (χ2v) is 7.53. The van der Waals surface area contributed by atoms with E-state index in [0.29, 0.717) is 29.9 Å². The predicted molar refractivity (Wildman–Crippen MR) is 133 cm³/mol. The summed E-state index contributed by atoms with van der Waals surface area (Å²) in [6.07, 6.45) is 3.43. The molecule has 1 amide bonds. The zero-order chi connectivity index (χ0) is 20.9. The first-order valence-electron chi connectivity index (χ1n) is 10.2. The van der Waals surface area contributed by atoms with Crippen LogP contribution in [0.3, 0.4) is 0 Å². The van der Waals surface area contributed by atoms with Gasteiger partial charge in [-0.15, -0.1) is 24.0 Å². The average Bonchev–Trinajstić information content (AvgIpc) is 2.73. The number of anilines is 1. The van der Waals surface area contributed by atoms with Gasteiger partial charge in [-0.1, -0.05) is 17.7 Å². The molecule has 1 saturated heterocycles. The molecule has 0 spiro atoms. The molecule has 1 heterocycles. The summed E-state index contributed by atoms with van der Waals surface area (Å²) in [6.45, 7) is 6.39. The fraction of sp³-hybridized carbons (Fsp3) is 0.619. The molecule has 1 fully saturated rings. The highest BCUT2D eigenvalue weighted by Gasteiger charge is 2.13. The van der Waals surface area contributed by atoms with E-state index in [-0.39, 0.29) is 29.9 Å². The number of carbonyl (C=O) groups excluding carboxylic acids is 1. The van der Waals surface area contributed by atoms with E-state index >= 15 is 0 Å². The summed E-state index contributed by atoms with van der Waals surface area (Å²) in [5.41, 5.74) is 1.61. The molecule has 0 aliphatic carbocycles. The Bertz CT molecular complexity index is 670. The number of ether oxygens (including phenoxy) is 2. The van der Waals surface area contributed by atoms with Crippen LogP contribution in [0.1, 0.15) is 31.2 Å². The lowest BCUT2D eigenvalue weighted by atomic mass is 10.0. The van der Waals surface area contributed by atoms with E-state index < -0.39 is 0 Å². The predicted octanol–water partition coefficient (Wildman–Crippen LogP) is 3.59. The minimum absolute atomic E-state index is 0. The zero-order valence-corrected chi connectivity index (χ0v) is 20.9. The summed E-state index contributed by atoms with van der Waals surface area (Å²) in [5.74, 6) is 1.24. The topological polar surface area (TPSA) is 84.0 Å². The Morgan fingerprint density at radius 2 is 2.00 bits per heavy atom. The Morgan fingerprint density at radius 1 is 1.27 bits per heavy atom. The van der Waals surface area contributed by atoms with Gasteiger partial charge in [-0.05, 0) is 49.8 Å². The van der Waals surface area contributed by atoms with Gasteiger partial charge in [-0.3, -0.25) is 9.79 Å². The Morgan fingerprint density at radius 3 is 2.73 bits per heavy atom. The van der Waals surface area contributed by atoms with Crippen molar-refractivity contribution in [1.82, 2.24) is 10.6 Å². The van der Waals surface area contributed by atoms with Crippen molar-refractivity contribution < 1.29 is 14.3 Å². The van der Waals surface area contributed by atoms with Gasteiger partial charge in [-0.2, -0.15) is 0 Å². The smallest absolute Gasteiger partial charge is 0.226 e. The fourth-order valence-corrected chi connectivity index (χ4v) is 3.19. The second-order valence-electron chi connectivity index (χ2n) is 7.12. The van der Waals surface area contributed by atoms with Gasteiger partial charge in [0.05, 0.1) is 0 Å². The molecule has 0 radical (unpaired) electrons. The molecule has 0 unspecified atom stereocenters. The molecule has 3 N–H and O–H groups in total. The fourth-order valence-electron chi connectivity index (χ4n) is 3.01. The number of amides is 1. The molecule has 170 valence electrons. The number of aliphatic imine (C=N–C) groups is 1. The number of hydrogen-bond acceptors (Lipinski definition) is 4. The van der Waals surface area contributed by atoms with Crippen molar-refractivity contribution in [2.24, 2.45) is 10.9 Å². The van der Waals surface area contributed by atoms with Crippen LogP contribution in [0.4, 0.5) is 5.69 Å². The number of nitrogens with zero attached hydrogens (tertiary/aromatic N) is 1. The quantitative estimate of drug-likeness (QED) is 0.179. The van der Waals surface area contributed by atoms with Crippen LogP contribution in [-0.2, 0) is 14.3 Å². The standard InChI is InChI=1S/C21H33ClN4O3.HI/c1-16-18(22)5-3-6-19(16)26-20(27)7-11-25-21(23-2)24-10-4-12-29-15-17-8-13-28-14-9-17;/h3,5-6,17H,4,7-15H2,1-2H3,(H,26,27)(H2,23,24,25);1H. The van der Waals surface area contributed by atoms with Gasteiger partial charge in [0, 0.05) is 63.7 Å². The van der Waals surface area contributed by atoms with Crippen LogP contribution in [0.2, 0.25) is 5.02 Å². The van der Waals surface area contributed by atoms with Crippen LogP contribution in [-0.4, -0.2) is 58.4 Å². The SMILES string of the molecule is CN=C(NCCCOCC1CCOCC1)NCCC(=O)Nc1cccc(Cl)c1C.I. The van der Waals surface area contributed by atoms with E-state index in [1.165, 1.54) is 0 Å². The molecule has 0 atom stereocenters. The highest BCUT2D eigenvalue weighted by atomic mass is 127. The maximum Gasteiger partial charge on any atom is 0.226 e. The normalized spacial score (nSPS) is 14.7. The summed E-state index contributed by atoms with van der Waals surface area (Å²) >= 11 is 6.08. The van der Waals surface area contributed by atoms with Gasteiger partial charge in [-0.25, -0.2) is 0 Å². The number of rotatable bonds is 10. The second kappa shape index (κ2) is 15.7. The van der Waals surface area contributed by atoms with E-state index in [1.54, 1.807) is 13.1 Å². The van der Waals surface area contributed by atoms with Gasteiger partial charge in [0.25, 0.3) is 0 Å². The third-order valence-electron chi connectivity index (χ3n) is 4.86. The molecule has 1 aliphatic rings. The van der Waals surface area contributed by atoms with Crippen molar-refractivity contribution in [3.05, 3.63) is 28.8 Å². The van der Waals surface area contributed by atoms with Gasteiger partial charge >= 0.3 is 0 Å². The van der Waals surface area contributed by atoms with Crippen LogP contribution in [0.25, 0.3) is 0 Å². The summed E-state index contributed by atoms with van der Waals surface area (Å²) in [7, 11) is 1.71. The maximum atomic E-state index is 12.1. The largest absolute Gasteiger partial charge is 0.381 e. The van der Waals surface area contributed by atoms with Gasteiger partial charge in [0.15, 0.2) is 5.96 Å². The van der Waals surface area contributed by atoms with Gasteiger partial charge in [0.1, 0.15) is 0 Å². The lowest BCUT2D eigenvalue weighted by Crippen LogP contribution is -2.39. The summed E-state index contributed by atoms with van der Waals surface area (Å²) in [4.78, 5) is 16.3. The van der Waals surface area contributed by atoms with Crippen molar-refractivity contribution >= 4 is 53.1 Å². The minimum Gasteiger partial charge on any atom is -0.381 e. The molecule has 9 heteroatoms. The van der Waals surface area contributed by atoms with Gasteiger partial charge < -0.3 is 25.4 Å². The van der Waals surface area contributed by atoms with Gasteiger partial charge in [0.2, 0.25) is 5.91 Å². The van der Waals surface area contributed by atoms with Crippen molar-refractivity contribution in [2.45, 2.75) is 32.6 Å². The Balaban J connectivity index is 0.00000450. The monoisotopic (exact) mass is 552 g/mol. The van der Waals surface area contributed by atoms with E-state index in [1.807, 2.05) is 19.1 Å². The van der Waals surface area contributed by atoms with Crippen LogP contribution >= 0.6 is 35.6 Å². The minimum atomic E-state index is -0.0696. The van der Waals surface area contributed by atoms with Crippen LogP contribution in [0.15, 0.2) is 23.2 Å². The Kier molecular flexibility index (Phi) is 14.1. The van der Waals surface area contributed by atoms with Crippen molar-refractivity contribution in [3.8, 4) is 0 Å². The number of carbonyl (C=O) groups is 1. The third kappa shape index (κ3) is 10.3. The molecule has 0 aromatic heterocycles. The number of nitrogens with one attached hydrogen (secondary N) is 3. The van der Waals surface area contributed by atoms with E-state index in [4.69, 9.17) is 21.1 Å². The lowest BCUT2D eigenvalue weighted by Gasteiger charge is -2.21.